The van der Waals surface area contributed by atoms with Gasteiger partial charge in [-0.05, 0) is 29.5 Å². The minimum atomic E-state index is 0.187. The zero-order valence-corrected chi connectivity index (χ0v) is 11.6. The number of anilines is 1. The van der Waals surface area contributed by atoms with Crippen molar-refractivity contribution in [3.63, 3.8) is 0 Å². The zero-order valence-electron chi connectivity index (χ0n) is 10.8. The lowest BCUT2D eigenvalue weighted by Crippen LogP contribution is -2.28. The van der Waals surface area contributed by atoms with Crippen LogP contribution in [0.15, 0.2) is 18.2 Å². The Labute approximate surface area is 109 Å². The smallest absolute Gasteiger partial charge is 0.101 e. The van der Waals surface area contributed by atoms with Crippen molar-refractivity contribution in [2.24, 2.45) is 11.3 Å². The Morgan fingerprint density at radius 1 is 1.41 bits per heavy atom. The Bertz CT molecular complexity index is 430. The van der Waals surface area contributed by atoms with Crippen molar-refractivity contribution < 1.29 is 0 Å². The number of nitrogens with zero attached hydrogens (tertiary/aromatic N) is 1. The van der Waals surface area contributed by atoms with Crippen molar-refractivity contribution in [1.82, 2.24) is 0 Å². The molecule has 0 aliphatic rings. The van der Waals surface area contributed by atoms with Gasteiger partial charge >= 0.3 is 0 Å². The van der Waals surface area contributed by atoms with Crippen LogP contribution < -0.4 is 5.32 Å². The average molecular weight is 251 g/mol. The van der Waals surface area contributed by atoms with Crippen molar-refractivity contribution in [2.75, 3.05) is 11.9 Å². The number of nitriles is 1. The van der Waals surface area contributed by atoms with Crippen LogP contribution in [-0.2, 0) is 0 Å². The molecule has 0 saturated carbocycles. The predicted octanol–water partition coefficient (Wildman–Crippen LogP) is 4.31. The van der Waals surface area contributed by atoms with Crippen LogP contribution in [0, 0.1) is 22.7 Å². The summed E-state index contributed by atoms with van der Waals surface area (Å²) >= 11 is 5.86. The van der Waals surface area contributed by atoms with Crippen molar-refractivity contribution in [3.05, 3.63) is 28.8 Å². The molecule has 0 aliphatic carbocycles. The van der Waals surface area contributed by atoms with Crippen LogP contribution in [0.3, 0.4) is 0 Å². The van der Waals surface area contributed by atoms with E-state index in [9.17, 15) is 0 Å². The first-order chi connectivity index (χ1) is 7.86. The van der Waals surface area contributed by atoms with Gasteiger partial charge in [0.05, 0.1) is 11.3 Å². The molecule has 0 spiro atoms. The molecule has 92 valence electrons. The highest BCUT2D eigenvalue weighted by Gasteiger charge is 2.22. The Kier molecular flexibility index (Phi) is 4.42. The fourth-order valence-electron chi connectivity index (χ4n) is 1.29. The maximum absolute atomic E-state index is 9.03. The lowest BCUT2D eigenvalue weighted by molar-refractivity contribution is 0.269. The molecule has 1 N–H and O–H groups in total. The van der Waals surface area contributed by atoms with E-state index in [1.54, 1.807) is 12.1 Å². The molecule has 0 heterocycles. The molecule has 0 fully saturated rings. The SMILES string of the molecule is CC(C)C(C)(C)CNc1ccc(Cl)cc1C#N. The van der Waals surface area contributed by atoms with Crippen molar-refractivity contribution in [3.8, 4) is 6.07 Å². The number of hydrogen-bond donors (Lipinski definition) is 1. The molecule has 0 aliphatic heterocycles. The molecular weight excluding hydrogens is 232 g/mol. The van der Waals surface area contributed by atoms with E-state index in [0.717, 1.165) is 12.2 Å². The van der Waals surface area contributed by atoms with Gasteiger partial charge in [-0.3, -0.25) is 0 Å². The molecule has 1 rings (SSSR count). The molecule has 0 atom stereocenters. The van der Waals surface area contributed by atoms with Gasteiger partial charge in [-0.1, -0.05) is 39.3 Å². The van der Waals surface area contributed by atoms with Crippen molar-refractivity contribution >= 4 is 17.3 Å². The first-order valence-corrected chi connectivity index (χ1v) is 6.18. The summed E-state index contributed by atoms with van der Waals surface area (Å²) in [5, 5.41) is 13.0. The van der Waals surface area contributed by atoms with Gasteiger partial charge in [-0.25, -0.2) is 0 Å². The second kappa shape index (κ2) is 5.42. The molecule has 0 aromatic heterocycles. The topological polar surface area (TPSA) is 35.8 Å². The second-order valence-electron chi connectivity index (χ2n) is 5.30. The number of nitrogens with one attached hydrogen (secondary N) is 1. The van der Waals surface area contributed by atoms with E-state index in [-0.39, 0.29) is 5.41 Å². The van der Waals surface area contributed by atoms with Gasteiger partial charge in [0.15, 0.2) is 0 Å². The van der Waals surface area contributed by atoms with Crippen LogP contribution >= 0.6 is 11.6 Å². The third kappa shape index (κ3) is 3.64. The Morgan fingerprint density at radius 2 is 2.06 bits per heavy atom. The van der Waals surface area contributed by atoms with E-state index in [2.05, 4.69) is 39.1 Å². The normalized spacial score (nSPS) is 11.4. The highest BCUT2D eigenvalue weighted by molar-refractivity contribution is 6.30. The molecule has 0 saturated heterocycles. The van der Waals surface area contributed by atoms with Gasteiger partial charge in [0.2, 0.25) is 0 Å². The summed E-state index contributed by atoms with van der Waals surface area (Å²) in [4.78, 5) is 0. The van der Waals surface area contributed by atoms with Gasteiger partial charge in [0, 0.05) is 11.6 Å². The van der Waals surface area contributed by atoms with E-state index in [1.807, 2.05) is 6.07 Å². The van der Waals surface area contributed by atoms with Gasteiger partial charge in [0.25, 0.3) is 0 Å². The minimum absolute atomic E-state index is 0.187. The zero-order chi connectivity index (χ0) is 13.1. The largest absolute Gasteiger partial charge is 0.383 e. The minimum Gasteiger partial charge on any atom is -0.383 e. The summed E-state index contributed by atoms with van der Waals surface area (Å²) in [6.45, 7) is 9.67. The summed E-state index contributed by atoms with van der Waals surface area (Å²) in [6, 6.07) is 7.50. The molecule has 0 amide bonds. The molecule has 3 heteroatoms. The fourth-order valence-corrected chi connectivity index (χ4v) is 1.46. The molecule has 0 radical (unpaired) electrons. The molecule has 1 aromatic carbocycles. The highest BCUT2D eigenvalue weighted by Crippen LogP contribution is 2.27. The maximum atomic E-state index is 9.03. The molecule has 0 unspecified atom stereocenters. The molecular formula is C14H19ClN2. The van der Waals surface area contributed by atoms with Gasteiger partial charge < -0.3 is 5.32 Å². The average Bonchev–Trinajstić information content (AvgIpc) is 2.27. The van der Waals surface area contributed by atoms with E-state index < -0.39 is 0 Å². The summed E-state index contributed by atoms with van der Waals surface area (Å²) < 4.78 is 0. The quantitative estimate of drug-likeness (QED) is 0.865. The third-order valence-corrected chi connectivity index (χ3v) is 3.63. The molecule has 2 nitrogen and oxygen atoms in total. The summed E-state index contributed by atoms with van der Waals surface area (Å²) in [5.74, 6) is 0.577. The van der Waals surface area contributed by atoms with Gasteiger partial charge in [0.1, 0.15) is 6.07 Å². The second-order valence-corrected chi connectivity index (χ2v) is 5.73. The van der Waals surface area contributed by atoms with Crippen LogP contribution in [-0.4, -0.2) is 6.54 Å². The van der Waals surface area contributed by atoms with E-state index in [1.165, 1.54) is 0 Å². The molecule has 1 aromatic rings. The fraction of sp³-hybridized carbons (Fsp3) is 0.500. The first-order valence-electron chi connectivity index (χ1n) is 5.80. The van der Waals surface area contributed by atoms with Crippen LogP contribution in [0.25, 0.3) is 0 Å². The van der Waals surface area contributed by atoms with Crippen LogP contribution in [0.5, 0.6) is 0 Å². The van der Waals surface area contributed by atoms with Gasteiger partial charge in [-0.15, -0.1) is 0 Å². The van der Waals surface area contributed by atoms with Gasteiger partial charge in [-0.2, -0.15) is 5.26 Å². The van der Waals surface area contributed by atoms with E-state index in [0.29, 0.717) is 16.5 Å². The van der Waals surface area contributed by atoms with Crippen LogP contribution in [0.1, 0.15) is 33.3 Å². The monoisotopic (exact) mass is 250 g/mol. The van der Waals surface area contributed by atoms with Crippen molar-refractivity contribution in [2.45, 2.75) is 27.7 Å². The highest BCUT2D eigenvalue weighted by atomic mass is 35.5. The summed E-state index contributed by atoms with van der Waals surface area (Å²) in [6.07, 6.45) is 0. The first kappa shape index (κ1) is 13.9. The van der Waals surface area contributed by atoms with E-state index >= 15 is 0 Å². The number of rotatable bonds is 4. The Morgan fingerprint density at radius 3 is 2.59 bits per heavy atom. The van der Waals surface area contributed by atoms with Crippen LogP contribution in [0.4, 0.5) is 5.69 Å². The summed E-state index contributed by atoms with van der Waals surface area (Å²) in [7, 11) is 0. The van der Waals surface area contributed by atoms with E-state index in [4.69, 9.17) is 16.9 Å². The predicted molar refractivity (Wildman–Crippen MR) is 73.3 cm³/mol. The summed E-state index contributed by atoms with van der Waals surface area (Å²) in [5.41, 5.74) is 1.63. The van der Waals surface area contributed by atoms with Crippen LogP contribution in [0.2, 0.25) is 5.02 Å². The molecule has 0 bridgehead atoms. The number of halogens is 1. The van der Waals surface area contributed by atoms with Crippen molar-refractivity contribution in [1.29, 1.82) is 5.26 Å². The lowest BCUT2D eigenvalue weighted by Gasteiger charge is -2.30. The maximum Gasteiger partial charge on any atom is 0.101 e. The Hall–Kier alpha value is -1.20. The third-order valence-electron chi connectivity index (χ3n) is 3.40. The lowest BCUT2D eigenvalue weighted by atomic mass is 9.81. The standard InChI is InChI=1S/C14H19ClN2/c1-10(2)14(3,4)9-17-13-6-5-12(15)7-11(13)8-16/h5-7,10,17H,9H2,1-4H3. The number of benzene rings is 1. The molecule has 17 heavy (non-hydrogen) atoms. The Balaban J connectivity index is 2.80. The number of hydrogen-bond acceptors (Lipinski definition) is 2.